The van der Waals surface area contributed by atoms with E-state index in [2.05, 4.69) is 40.7 Å². The molecule has 0 aromatic carbocycles. The summed E-state index contributed by atoms with van der Waals surface area (Å²) >= 11 is 0. The number of rotatable bonds is 7. The van der Waals surface area contributed by atoms with E-state index in [1.54, 1.807) is 14.2 Å². The maximum absolute atomic E-state index is 4.25. The minimum absolute atomic E-state index is 0.875. The molecular formula is C20H43N3O. The van der Waals surface area contributed by atoms with Crippen LogP contribution in [0.2, 0.25) is 0 Å². The third-order valence-electron chi connectivity index (χ3n) is 5.80. The number of ether oxygens (including phenoxy) is 1. The molecule has 1 unspecified atom stereocenters. The van der Waals surface area contributed by atoms with Gasteiger partial charge in [-0.1, -0.05) is 20.3 Å². The molecular weight excluding hydrogens is 298 g/mol. The first kappa shape index (κ1) is 21.9. The number of methoxy groups -OCH3 is 1. The smallest absolute Gasteiger partial charge is 0.0351 e. The number of hydrogen-bond acceptors (Lipinski definition) is 4. The van der Waals surface area contributed by atoms with E-state index in [0.717, 1.165) is 17.9 Å². The van der Waals surface area contributed by atoms with Crippen LogP contribution in [0.5, 0.6) is 0 Å². The lowest BCUT2D eigenvalue weighted by molar-refractivity contribution is 0.0638. The van der Waals surface area contributed by atoms with Crippen LogP contribution in [0, 0.1) is 11.8 Å². The minimum atomic E-state index is 0.875. The second kappa shape index (κ2) is 13.1. The molecule has 24 heavy (non-hydrogen) atoms. The van der Waals surface area contributed by atoms with Gasteiger partial charge < -0.3 is 15.0 Å². The lowest BCUT2D eigenvalue weighted by Gasteiger charge is -2.42. The van der Waals surface area contributed by atoms with Crippen molar-refractivity contribution in [3.05, 3.63) is 0 Å². The Balaban J connectivity index is 0.000000891. The highest BCUT2D eigenvalue weighted by atomic mass is 16.4. The maximum atomic E-state index is 4.25. The fraction of sp³-hybridized carbons (Fsp3) is 1.00. The molecule has 1 saturated heterocycles. The van der Waals surface area contributed by atoms with Crippen molar-refractivity contribution in [1.82, 2.24) is 15.1 Å². The zero-order valence-electron chi connectivity index (χ0n) is 17.0. The van der Waals surface area contributed by atoms with Crippen molar-refractivity contribution < 1.29 is 4.74 Å². The van der Waals surface area contributed by atoms with Gasteiger partial charge in [0.2, 0.25) is 0 Å². The first-order valence-electron chi connectivity index (χ1n) is 10.2. The van der Waals surface area contributed by atoms with Gasteiger partial charge in [-0.3, -0.25) is 4.90 Å². The van der Waals surface area contributed by atoms with Gasteiger partial charge in [-0.25, -0.2) is 0 Å². The molecule has 1 heterocycles. The van der Waals surface area contributed by atoms with E-state index in [-0.39, 0.29) is 0 Å². The molecule has 4 heteroatoms. The Labute approximate surface area is 151 Å². The average molecular weight is 342 g/mol. The zero-order valence-corrected chi connectivity index (χ0v) is 17.0. The molecule has 0 bridgehead atoms. The Hall–Kier alpha value is -0.160. The fourth-order valence-corrected chi connectivity index (χ4v) is 4.06. The van der Waals surface area contributed by atoms with E-state index in [9.17, 15) is 0 Å². The SMILES string of the molecule is CCC(CCNC)CN1CCN(C2CCC(C)CC2)CC1.COC. The van der Waals surface area contributed by atoms with Gasteiger partial charge in [0.1, 0.15) is 0 Å². The van der Waals surface area contributed by atoms with Crippen LogP contribution in [0.3, 0.4) is 0 Å². The van der Waals surface area contributed by atoms with E-state index in [1.165, 1.54) is 77.8 Å². The van der Waals surface area contributed by atoms with Crippen molar-refractivity contribution >= 4 is 0 Å². The van der Waals surface area contributed by atoms with Gasteiger partial charge in [-0.2, -0.15) is 0 Å². The highest BCUT2D eigenvalue weighted by Crippen LogP contribution is 2.27. The van der Waals surface area contributed by atoms with Crippen LogP contribution in [0.25, 0.3) is 0 Å². The molecule has 144 valence electrons. The fourth-order valence-electron chi connectivity index (χ4n) is 4.06. The van der Waals surface area contributed by atoms with Crippen LogP contribution in [-0.4, -0.2) is 76.4 Å². The van der Waals surface area contributed by atoms with Gasteiger partial charge in [0.25, 0.3) is 0 Å². The summed E-state index contributed by atoms with van der Waals surface area (Å²) in [5.41, 5.74) is 0. The van der Waals surface area contributed by atoms with Crippen LogP contribution in [0.15, 0.2) is 0 Å². The third-order valence-corrected chi connectivity index (χ3v) is 5.80. The lowest BCUT2D eigenvalue weighted by Crippen LogP contribution is -2.51. The molecule has 0 radical (unpaired) electrons. The summed E-state index contributed by atoms with van der Waals surface area (Å²) in [6.45, 7) is 12.4. The average Bonchev–Trinajstić information content (AvgIpc) is 2.60. The summed E-state index contributed by atoms with van der Waals surface area (Å²) in [5, 5.41) is 3.30. The van der Waals surface area contributed by atoms with E-state index < -0.39 is 0 Å². The molecule has 2 aliphatic rings. The topological polar surface area (TPSA) is 27.7 Å². The summed E-state index contributed by atoms with van der Waals surface area (Å²) in [5.74, 6) is 1.85. The Morgan fingerprint density at radius 1 is 1.04 bits per heavy atom. The molecule has 0 aromatic heterocycles. The van der Waals surface area contributed by atoms with Crippen molar-refractivity contribution in [2.24, 2.45) is 11.8 Å². The molecule has 1 atom stereocenters. The molecule has 1 N–H and O–H groups in total. The van der Waals surface area contributed by atoms with Gasteiger partial charge in [0.15, 0.2) is 0 Å². The van der Waals surface area contributed by atoms with Crippen molar-refractivity contribution in [2.75, 3.05) is 60.5 Å². The van der Waals surface area contributed by atoms with E-state index in [1.807, 2.05) is 0 Å². The third kappa shape index (κ3) is 8.28. The van der Waals surface area contributed by atoms with Crippen LogP contribution in [-0.2, 0) is 4.74 Å². The standard InChI is InChI=1S/C18H37N3.C2H6O/c1-4-17(9-10-19-3)15-20-11-13-21(14-12-20)18-7-5-16(2)6-8-18;1-3-2/h16-19H,4-15H2,1-3H3;1-2H3. The monoisotopic (exact) mass is 341 g/mol. The van der Waals surface area contributed by atoms with Crippen molar-refractivity contribution in [1.29, 1.82) is 0 Å². The van der Waals surface area contributed by atoms with E-state index in [0.29, 0.717) is 0 Å². The number of piperazine rings is 1. The van der Waals surface area contributed by atoms with Crippen LogP contribution in [0.1, 0.15) is 52.4 Å². The molecule has 0 amide bonds. The molecule has 2 rings (SSSR count). The van der Waals surface area contributed by atoms with Crippen LogP contribution < -0.4 is 5.32 Å². The zero-order chi connectivity index (χ0) is 17.8. The van der Waals surface area contributed by atoms with Crippen LogP contribution in [0.4, 0.5) is 0 Å². The predicted molar refractivity (Wildman–Crippen MR) is 105 cm³/mol. The summed E-state index contributed by atoms with van der Waals surface area (Å²) < 4.78 is 4.25. The van der Waals surface area contributed by atoms with Crippen LogP contribution >= 0.6 is 0 Å². The molecule has 2 fully saturated rings. The quantitative estimate of drug-likeness (QED) is 0.770. The van der Waals surface area contributed by atoms with Gasteiger partial charge >= 0.3 is 0 Å². The second-order valence-corrected chi connectivity index (χ2v) is 7.83. The largest absolute Gasteiger partial charge is 0.388 e. The highest BCUT2D eigenvalue weighted by molar-refractivity contribution is 4.83. The summed E-state index contributed by atoms with van der Waals surface area (Å²) in [4.78, 5) is 5.50. The summed E-state index contributed by atoms with van der Waals surface area (Å²) in [7, 11) is 5.32. The maximum Gasteiger partial charge on any atom is 0.0351 e. The molecule has 0 aromatic rings. The minimum Gasteiger partial charge on any atom is -0.388 e. The molecule has 1 aliphatic carbocycles. The molecule has 0 spiro atoms. The Morgan fingerprint density at radius 3 is 2.12 bits per heavy atom. The van der Waals surface area contributed by atoms with Gasteiger partial charge in [-0.15, -0.1) is 0 Å². The van der Waals surface area contributed by atoms with Crippen molar-refractivity contribution in [3.8, 4) is 0 Å². The van der Waals surface area contributed by atoms with E-state index >= 15 is 0 Å². The van der Waals surface area contributed by atoms with Gasteiger partial charge in [0, 0.05) is 53.0 Å². The van der Waals surface area contributed by atoms with Gasteiger partial charge in [0.05, 0.1) is 0 Å². The highest BCUT2D eigenvalue weighted by Gasteiger charge is 2.27. The number of hydrogen-bond donors (Lipinski definition) is 1. The predicted octanol–water partition coefficient (Wildman–Crippen LogP) is 3.08. The summed E-state index contributed by atoms with van der Waals surface area (Å²) in [6.07, 6.45) is 8.44. The molecule has 1 saturated carbocycles. The first-order valence-corrected chi connectivity index (χ1v) is 10.2. The van der Waals surface area contributed by atoms with Gasteiger partial charge in [-0.05, 0) is 57.5 Å². The molecule has 4 nitrogen and oxygen atoms in total. The van der Waals surface area contributed by atoms with E-state index in [4.69, 9.17) is 0 Å². The lowest BCUT2D eigenvalue weighted by atomic mass is 9.86. The first-order chi connectivity index (χ1) is 11.6. The number of nitrogens with zero attached hydrogens (tertiary/aromatic N) is 2. The Kier molecular flexibility index (Phi) is 11.9. The van der Waals surface area contributed by atoms with Crippen molar-refractivity contribution in [2.45, 2.75) is 58.4 Å². The molecule has 1 aliphatic heterocycles. The summed E-state index contributed by atoms with van der Waals surface area (Å²) in [6, 6.07) is 0.898. The Bertz CT molecular complexity index is 285. The van der Waals surface area contributed by atoms with Crippen molar-refractivity contribution in [3.63, 3.8) is 0 Å². The number of nitrogens with one attached hydrogen (secondary N) is 1. The second-order valence-electron chi connectivity index (χ2n) is 7.83. The Morgan fingerprint density at radius 2 is 1.62 bits per heavy atom. The normalized spacial score (nSPS) is 27.4.